The van der Waals surface area contributed by atoms with E-state index in [1.807, 2.05) is 23.1 Å². The quantitative estimate of drug-likeness (QED) is 0.483. The molecule has 2 aliphatic heterocycles. The largest absolute Gasteiger partial charge is 0.338 e. The van der Waals surface area contributed by atoms with Crippen LogP contribution in [-0.2, 0) is 13.0 Å². The zero-order chi connectivity index (χ0) is 20.9. The van der Waals surface area contributed by atoms with Crippen molar-refractivity contribution in [1.82, 2.24) is 19.4 Å². The van der Waals surface area contributed by atoms with Crippen molar-refractivity contribution in [3.63, 3.8) is 0 Å². The maximum absolute atomic E-state index is 13.3. The number of aromatic nitrogens is 3. The molecule has 0 N–H and O–H groups in total. The number of piperidine rings is 1. The number of para-hydroxylation sites is 1. The van der Waals surface area contributed by atoms with Gasteiger partial charge >= 0.3 is 0 Å². The average Bonchev–Trinajstić information content (AvgIpc) is 3.45. The number of carbonyl (C=O) groups is 1. The van der Waals surface area contributed by atoms with Crippen molar-refractivity contribution >= 4 is 38.4 Å². The van der Waals surface area contributed by atoms with Gasteiger partial charge in [-0.3, -0.25) is 14.2 Å². The molecule has 2 aromatic carbocycles. The molecule has 4 heterocycles. The molecule has 0 bridgehead atoms. The number of hydrogen-bond donors (Lipinski definition) is 0. The van der Waals surface area contributed by atoms with Gasteiger partial charge in [0.05, 0.1) is 26.1 Å². The Bertz CT molecular complexity index is 1360. The fourth-order valence-corrected chi connectivity index (χ4v) is 5.92. The Kier molecular flexibility index (Phi) is 4.38. The molecule has 2 aromatic heterocycles. The van der Waals surface area contributed by atoms with E-state index in [4.69, 9.17) is 4.98 Å². The molecule has 31 heavy (non-hydrogen) atoms. The summed E-state index contributed by atoms with van der Waals surface area (Å²) < 4.78 is 2.96. The number of nitrogens with zero attached hydrogens (tertiary/aromatic N) is 4. The van der Waals surface area contributed by atoms with Gasteiger partial charge in [-0.1, -0.05) is 12.1 Å². The van der Waals surface area contributed by atoms with Crippen molar-refractivity contribution < 1.29 is 4.79 Å². The van der Waals surface area contributed by atoms with Gasteiger partial charge in [-0.05, 0) is 49.6 Å². The first-order valence-electron chi connectivity index (χ1n) is 10.9. The highest BCUT2D eigenvalue weighted by atomic mass is 32.1. The van der Waals surface area contributed by atoms with Crippen LogP contribution in [0.5, 0.6) is 0 Å². The average molecular weight is 431 g/mol. The lowest BCUT2D eigenvalue weighted by molar-refractivity contribution is 0.0707. The van der Waals surface area contributed by atoms with Crippen LogP contribution in [0.2, 0.25) is 0 Å². The molecule has 1 amide bonds. The summed E-state index contributed by atoms with van der Waals surface area (Å²) in [6, 6.07) is 13.5. The van der Waals surface area contributed by atoms with Gasteiger partial charge in [0.2, 0.25) is 0 Å². The highest BCUT2D eigenvalue weighted by molar-refractivity contribution is 7.18. The molecule has 7 heteroatoms. The zero-order valence-electron chi connectivity index (χ0n) is 17.1. The second kappa shape index (κ2) is 7.27. The van der Waals surface area contributed by atoms with Crippen LogP contribution in [-0.4, -0.2) is 38.4 Å². The molecule has 0 unspecified atom stereocenters. The van der Waals surface area contributed by atoms with Crippen molar-refractivity contribution in [2.75, 3.05) is 13.1 Å². The standard InChI is InChI=1S/C24H22N4O2S/c29-23(15-9-10-17-19(13-15)25-21-8-4-12-28(21)24(17)30)27-11-3-5-16(14-27)22-26-18-6-1-2-7-20(18)31-22/h1-2,6-7,9-10,13,16H,3-5,8,11-12,14H2/t16-/m0/s1. The highest BCUT2D eigenvalue weighted by Gasteiger charge is 2.28. The van der Waals surface area contributed by atoms with Crippen molar-refractivity contribution in [2.45, 2.75) is 38.1 Å². The monoisotopic (exact) mass is 430 g/mol. The SMILES string of the molecule is O=C(c1ccc2c(=O)n3c(nc2c1)CCC3)N1CCC[C@H](c2nc3ccccc3s2)C1. The zero-order valence-corrected chi connectivity index (χ0v) is 17.9. The van der Waals surface area contributed by atoms with Gasteiger partial charge in [-0.15, -0.1) is 11.3 Å². The number of aryl methyl sites for hydroxylation is 1. The van der Waals surface area contributed by atoms with Crippen molar-refractivity contribution in [3.8, 4) is 0 Å². The molecule has 2 aliphatic rings. The summed E-state index contributed by atoms with van der Waals surface area (Å²) in [6.45, 7) is 2.16. The summed E-state index contributed by atoms with van der Waals surface area (Å²) >= 11 is 1.73. The highest BCUT2D eigenvalue weighted by Crippen LogP contribution is 2.33. The number of rotatable bonds is 2. The normalized spacial score (nSPS) is 18.6. The van der Waals surface area contributed by atoms with E-state index in [1.54, 1.807) is 34.1 Å². The minimum atomic E-state index is 0.00497. The summed E-state index contributed by atoms with van der Waals surface area (Å²) in [4.78, 5) is 37.4. The van der Waals surface area contributed by atoms with Gasteiger partial charge in [0, 0.05) is 37.5 Å². The molecule has 0 saturated carbocycles. The van der Waals surface area contributed by atoms with E-state index in [0.717, 1.165) is 55.1 Å². The second-order valence-electron chi connectivity index (χ2n) is 8.43. The molecule has 1 fully saturated rings. The molecular formula is C24H22N4O2S. The number of amides is 1. The number of carbonyl (C=O) groups excluding carboxylic acids is 1. The van der Waals surface area contributed by atoms with Gasteiger partial charge < -0.3 is 4.90 Å². The van der Waals surface area contributed by atoms with Crippen LogP contribution in [0.1, 0.15) is 46.4 Å². The van der Waals surface area contributed by atoms with Crippen LogP contribution in [0.15, 0.2) is 47.3 Å². The fourth-order valence-electron chi connectivity index (χ4n) is 4.83. The van der Waals surface area contributed by atoms with Gasteiger partial charge in [0.25, 0.3) is 11.5 Å². The van der Waals surface area contributed by atoms with E-state index in [9.17, 15) is 9.59 Å². The van der Waals surface area contributed by atoms with Crippen molar-refractivity contribution in [1.29, 1.82) is 0 Å². The smallest absolute Gasteiger partial charge is 0.261 e. The Balaban J connectivity index is 1.29. The molecule has 4 aromatic rings. The van der Waals surface area contributed by atoms with E-state index in [1.165, 1.54) is 4.70 Å². The Morgan fingerprint density at radius 1 is 1.03 bits per heavy atom. The number of fused-ring (bicyclic) bond motifs is 3. The van der Waals surface area contributed by atoms with Crippen molar-refractivity contribution in [3.05, 3.63) is 69.2 Å². The minimum Gasteiger partial charge on any atom is -0.338 e. The summed E-state index contributed by atoms with van der Waals surface area (Å²) in [5.41, 5.74) is 2.27. The van der Waals surface area contributed by atoms with Gasteiger partial charge in [0.15, 0.2) is 0 Å². The molecule has 6 nitrogen and oxygen atoms in total. The summed E-state index contributed by atoms with van der Waals surface area (Å²) in [6.07, 6.45) is 3.78. The summed E-state index contributed by atoms with van der Waals surface area (Å²) in [5.74, 6) is 1.10. The van der Waals surface area contributed by atoms with Gasteiger partial charge in [-0.25, -0.2) is 9.97 Å². The number of benzene rings is 2. The van der Waals surface area contributed by atoms with Crippen molar-refractivity contribution in [2.24, 2.45) is 0 Å². The minimum absolute atomic E-state index is 0.00497. The topological polar surface area (TPSA) is 68.1 Å². The first-order chi connectivity index (χ1) is 15.2. The lowest BCUT2D eigenvalue weighted by Gasteiger charge is -2.32. The van der Waals surface area contributed by atoms with E-state index in [-0.39, 0.29) is 17.4 Å². The third kappa shape index (κ3) is 3.15. The molecular weight excluding hydrogens is 408 g/mol. The predicted molar refractivity (Wildman–Crippen MR) is 122 cm³/mol. The maximum atomic E-state index is 13.3. The fraction of sp³-hybridized carbons (Fsp3) is 0.333. The lowest BCUT2D eigenvalue weighted by Crippen LogP contribution is -2.39. The molecule has 0 spiro atoms. The van der Waals surface area contributed by atoms with Gasteiger partial charge in [-0.2, -0.15) is 0 Å². The molecule has 156 valence electrons. The Morgan fingerprint density at radius 3 is 2.84 bits per heavy atom. The van der Waals surface area contributed by atoms with E-state index < -0.39 is 0 Å². The molecule has 0 aliphatic carbocycles. The number of thiazole rings is 1. The first kappa shape index (κ1) is 18.7. The van der Waals surface area contributed by atoms with Crippen LogP contribution in [0, 0.1) is 0 Å². The van der Waals surface area contributed by atoms with Crippen LogP contribution in [0.4, 0.5) is 0 Å². The van der Waals surface area contributed by atoms with Crippen LogP contribution >= 0.6 is 11.3 Å². The molecule has 6 rings (SSSR count). The van der Waals surface area contributed by atoms with Gasteiger partial charge in [0.1, 0.15) is 5.82 Å². The third-order valence-electron chi connectivity index (χ3n) is 6.43. The number of likely N-dealkylation sites (tertiary alicyclic amines) is 1. The Morgan fingerprint density at radius 2 is 1.94 bits per heavy atom. The van der Waals surface area contributed by atoms with Crippen LogP contribution < -0.4 is 5.56 Å². The first-order valence-corrected chi connectivity index (χ1v) is 11.7. The van der Waals surface area contributed by atoms with Crippen LogP contribution in [0.3, 0.4) is 0 Å². The van der Waals surface area contributed by atoms with E-state index >= 15 is 0 Å². The predicted octanol–water partition coefficient (Wildman–Crippen LogP) is 3.97. The van der Waals surface area contributed by atoms with E-state index in [0.29, 0.717) is 23.0 Å². The Labute approximate surface area is 183 Å². The molecule has 0 radical (unpaired) electrons. The second-order valence-corrected chi connectivity index (χ2v) is 9.49. The Hall–Kier alpha value is -3.06. The molecule has 1 atom stereocenters. The van der Waals surface area contributed by atoms with E-state index in [2.05, 4.69) is 11.1 Å². The number of hydrogen-bond acceptors (Lipinski definition) is 5. The summed E-state index contributed by atoms with van der Waals surface area (Å²) in [5, 5.41) is 1.70. The van der Waals surface area contributed by atoms with Crippen LogP contribution in [0.25, 0.3) is 21.1 Å². The maximum Gasteiger partial charge on any atom is 0.261 e. The molecule has 1 saturated heterocycles. The summed E-state index contributed by atoms with van der Waals surface area (Å²) in [7, 11) is 0. The third-order valence-corrected chi connectivity index (χ3v) is 7.63. The lowest BCUT2D eigenvalue weighted by atomic mass is 9.98.